The highest BCUT2D eigenvalue weighted by Crippen LogP contribution is 2.33. The van der Waals surface area contributed by atoms with Gasteiger partial charge in [0.25, 0.3) is 0 Å². The summed E-state index contributed by atoms with van der Waals surface area (Å²) in [5.74, 6) is 0.408. The summed E-state index contributed by atoms with van der Waals surface area (Å²) in [7, 11) is 0. The zero-order valence-electron chi connectivity index (χ0n) is 8.12. The number of rotatable bonds is 3. The zero-order valence-corrected chi connectivity index (χ0v) is 8.12. The van der Waals surface area contributed by atoms with E-state index in [2.05, 4.69) is 4.98 Å². The molecule has 0 amide bonds. The summed E-state index contributed by atoms with van der Waals surface area (Å²) in [5.41, 5.74) is 6.32. The smallest absolute Gasteiger partial charge is 0.146 e. The van der Waals surface area contributed by atoms with Crippen LogP contribution in [0.2, 0.25) is 0 Å². The molecule has 1 aromatic rings. The van der Waals surface area contributed by atoms with Crippen LogP contribution >= 0.6 is 0 Å². The molecule has 1 heterocycles. The van der Waals surface area contributed by atoms with Gasteiger partial charge >= 0.3 is 0 Å². The van der Waals surface area contributed by atoms with Gasteiger partial charge in [-0.2, -0.15) is 0 Å². The predicted molar refractivity (Wildman–Crippen MR) is 53.1 cm³/mol. The fourth-order valence-electron chi connectivity index (χ4n) is 1.87. The van der Waals surface area contributed by atoms with Gasteiger partial charge in [-0.05, 0) is 24.5 Å². The minimum Gasteiger partial charge on any atom is -0.323 e. The molecule has 0 radical (unpaired) electrons. The van der Waals surface area contributed by atoms with Crippen LogP contribution in [0.25, 0.3) is 0 Å². The lowest BCUT2D eigenvalue weighted by Gasteiger charge is -2.27. The topological polar surface area (TPSA) is 38.9 Å². The van der Waals surface area contributed by atoms with E-state index in [0.717, 1.165) is 6.42 Å². The van der Waals surface area contributed by atoms with Crippen molar-refractivity contribution in [1.29, 1.82) is 0 Å². The summed E-state index contributed by atoms with van der Waals surface area (Å²) >= 11 is 0. The summed E-state index contributed by atoms with van der Waals surface area (Å²) in [6.45, 7) is 0. The average Bonchev–Trinajstić information content (AvgIpc) is 2.12. The Balaban J connectivity index is 2.02. The number of nitrogens with zero attached hydrogens (tertiary/aromatic N) is 1. The van der Waals surface area contributed by atoms with Crippen LogP contribution in [-0.2, 0) is 0 Å². The summed E-state index contributed by atoms with van der Waals surface area (Å²) in [6.07, 6.45) is 6.24. The molecule has 0 aliphatic heterocycles. The number of nitrogens with two attached hydrogens (primary N) is 1. The van der Waals surface area contributed by atoms with Gasteiger partial charge in [0.2, 0.25) is 0 Å². The van der Waals surface area contributed by atoms with E-state index in [-0.39, 0.29) is 11.9 Å². The molecule has 1 saturated carbocycles. The Morgan fingerprint density at radius 3 is 2.93 bits per heavy atom. The normalized spacial score (nSPS) is 19.0. The van der Waals surface area contributed by atoms with Crippen molar-refractivity contribution < 1.29 is 4.39 Å². The second kappa shape index (κ2) is 4.05. The first-order valence-electron chi connectivity index (χ1n) is 5.13. The van der Waals surface area contributed by atoms with Gasteiger partial charge in [0.05, 0.1) is 11.7 Å². The quantitative estimate of drug-likeness (QED) is 0.802. The van der Waals surface area contributed by atoms with E-state index in [9.17, 15) is 4.39 Å². The fourth-order valence-corrected chi connectivity index (χ4v) is 1.87. The first kappa shape index (κ1) is 9.59. The Kier molecular flexibility index (Phi) is 2.77. The zero-order chi connectivity index (χ0) is 9.97. The van der Waals surface area contributed by atoms with Gasteiger partial charge in [-0.1, -0.05) is 19.3 Å². The predicted octanol–water partition coefficient (Wildman–Crippen LogP) is 2.41. The average molecular weight is 194 g/mol. The van der Waals surface area contributed by atoms with Crippen molar-refractivity contribution in [2.24, 2.45) is 11.7 Å². The number of pyridine rings is 1. The molecule has 3 heteroatoms. The molecule has 2 rings (SSSR count). The molecule has 0 spiro atoms. The molecule has 1 fully saturated rings. The van der Waals surface area contributed by atoms with Gasteiger partial charge in [0, 0.05) is 6.20 Å². The highest BCUT2D eigenvalue weighted by molar-refractivity contribution is 5.11. The highest BCUT2D eigenvalue weighted by atomic mass is 19.1. The van der Waals surface area contributed by atoms with Crippen LogP contribution < -0.4 is 5.73 Å². The van der Waals surface area contributed by atoms with Crippen LogP contribution in [-0.4, -0.2) is 4.98 Å². The Hall–Kier alpha value is -0.960. The van der Waals surface area contributed by atoms with Crippen molar-refractivity contribution in [3.63, 3.8) is 0 Å². The Bertz CT molecular complexity index is 310. The van der Waals surface area contributed by atoms with Crippen molar-refractivity contribution >= 4 is 0 Å². The molecule has 14 heavy (non-hydrogen) atoms. The van der Waals surface area contributed by atoms with Crippen LogP contribution in [0.4, 0.5) is 4.39 Å². The summed E-state index contributed by atoms with van der Waals surface area (Å²) in [6, 6.07) is 2.78. The molecule has 0 saturated heterocycles. The monoisotopic (exact) mass is 194 g/mol. The molecule has 1 atom stereocenters. The lowest BCUT2D eigenvalue weighted by molar-refractivity contribution is 0.274. The van der Waals surface area contributed by atoms with Crippen molar-refractivity contribution in [3.8, 4) is 0 Å². The molecule has 0 aromatic carbocycles. The Morgan fingerprint density at radius 1 is 1.57 bits per heavy atom. The van der Waals surface area contributed by atoms with Crippen molar-refractivity contribution in [2.45, 2.75) is 31.7 Å². The van der Waals surface area contributed by atoms with E-state index in [4.69, 9.17) is 5.73 Å². The van der Waals surface area contributed by atoms with Crippen LogP contribution in [0.3, 0.4) is 0 Å². The van der Waals surface area contributed by atoms with E-state index in [1.807, 2.05) is 0 Å². The third-order valence-electron chi connectivity index (χ3n) is 2.95. The molecule has 1 unspecified atom stereocenters. The van der Waals surface area contributed by atoms with Gasteiger partial charge in [0.15, 0.2) is 0 Å². The summed E-state index contributed by atoms with van der Waals surface area (Å²) in [4.78, 5) is 3.99. The fraction of sp³-hybridized carbons (Fsp3) is 0.545. The molecule has 1 aliphatic rings. The van der Waals surface area contributed by atoms with Gasteiger partial charge in [-0.15, -0.1) is 0 Å². The summed E-state index contributed by atoms with van der Waals surface area (Å²) < 4.78 is 13.3. The van der Waals surface area contributed by atoms with Gasteiger partial charge in [0.1, 0.15) is 5.82 Å². The van der Waals surface area contributed by atoms with Crippen molar-refractivity contribution in [1.82, 2.24) is 4.98 Å². The van der Waals surface area contributed by atoms with Crippen LogP contribution in [0, 0.1) is 11.7 Å². The Morgan fingerprint density at radius 2 is 2.36 bits per heavy atom. The maximum atomic E-state index is 13.3. The number of hydrogen-bond donors (Lipinski definition) is 1. The molecule has 1 aromatic heterocycles. The van der Waals surface area contributed by atoms with Gasteiger partial charge < -0.3 is 5.73 Å². The standard InChI is InChI=1S/C11H15FN2/c12-9-5-2-6-14-11(9)10(13)7-8-3-1-4-8/h2,5-6,8,10H,1,3-4,7,13H2. The second-order valence-electron chi connectivity index (χ2n) is 4.01. The first-order valence-corrected chi connectivity index (χ1v) is 5.13. The van der Waals surface area contributed by atoms with Gasteiger partial charge in [-0.3, -0.25) is 4.98 Å². The summed E-state index contributed by atoms with van der Waals surface area (Å²) in [5, 5.41) is 0. The maximum absolute atomic E-state index is 13.3. The van der Waals surface area contributed by atoms with Crippen molar-refractivity contribution in [3.05, 3.63) is 29.8 Å². The van der Waals surface area contributed by atoms with E-state index in [0.29, 0.717) is 11.6 Å². The van der Waals surface area contributed by atoms with Crippen LogP contribution in [0.1, 0.15) is 37.4 Å². The molecule has 2 nitrogen and oxygen atoms in total. The molecule has 2 N–H and O–H groups in total. The molecular weight excluding hydrogens is 179 g/mol. The minimum absolute atomic E-state index is 0.235. The van der Waals surface area contributed by atoms with E-state index in [1.54, 1.807) is 12.3 Å². The largest absolute Gasteiger partial charge is 0.323 e. The first-order chi connectivity index (χ1) is 6.77. The molecule has 76 valence electrons. The number of aromatic nitrogens is 1. The minimum atomic E-state index is -0.278. The lowest BCUT2D eigenvalue weighted by atomic mass is 9.80. The molecule has 1 aliphatic carbocycles. The number of halogens is 1. The second-order valence-corrected chi connectivity index (χ2v) is 4.01. The van der Waals surface area contributed by atoms with Crippen LogP contribution in [0.15, 0.2) is 18.3 Å². The molecular formula is C11H15FN2. The third kappa shape index (κ3) is 1.93. The SMILES string of the molecule is NC(CC1CCC1)c1ncccc1F. The van der Waals surface area contributed by atoms with Crippen LogP contribution in [0.5, 0.6) is 0 Å². The third-order valence-corrected chi connectivity index (χ3v) is 2.95. The molecule has 0 bridgehead atoms. The highest BCUT2D eigenvalue weighted by Gasteiger charge is 2.22. The Labute approximate surface area is 83.3 Å². The van der Waals surface area contributed by atoms with Gasteiger partial charge in [-0.25, -0.2) is 4.39 Å². The van der Waals surface area contributed by atoms with Crippen molar-refractivity contribution in [2.75, 3.05) is 0 Å². The van der Waals surface area contributed by atoms with E-state index >= 15 is 0 Å². The lowest BCUT2D eigenvalue weighted by Crippen LogP contribution is -2.21. The van der Waals surface area contributed by atoms with E-state index < -0.39 is 0 Å². The van der Waals surface area contributed by atoms with E-state index in [1.165, 1.54) is 25.3 Å². The maximum Gasteiger partial charge on any atom is 0.146 e. The number of hydrogen-bond acceptors (Lipinski definition) is 2.